The number of nitrogens with one attached hydrogen (secondary N) is 2. The van der Waals surface area contributed by atoms with E-state index in [1.165, 1.54) is 17.8 Å². The van der Waals surface area contributed by atoms with Crippen molar-refractivity contribution in [3.8, 4) is 0 Å². The lowest BCUT2D eigenvalue weighted by molar-refractivity contribution is 0.234. The van der Waals surface area contributed by atoms with Crippen LogP contribution < -0.4 is 10.6 Å². The van der Waals surface area contributed by atoms with Crippen LogP contribution in [0, 0.1) is 5.92 Å². The number of nitrogens with zero attached hydrogens (tertiary/aromatic N) is 1. The number of urea groups is 1. The van der Waals surface area contributed by atoms with Gasteiger partial charge in [0.05, 0.1) is 10.7 Å². The summed E-state index contributed by atoms with van der Waals surface area (Å²) in [5.41, 5.74) is 1.08. The van der Waals surface area contributed by atoms with Gasteiger partial charge in [0.25, 0.3) is 0 Å². The number of hydrogen-bond acceptors (Lipinski definition) is 3. The molecule has 106 valence electrons. The predicted molar refractivity (Wildman–Crippen MR) is 78.5 cm³/mol. The Balaban J connectivity index is 1.66. The molecule has 2 atom stereocenters. The van der Waals surface area contributed by atoms with Crippen molar-refractivity contribution in [2.75, 3.05) is 6.54 Å². The summed E-state index contributed by atoms with van der Waals surface area (Å²) in [5, 5.41) is 9.23. The van der Waals surface area contributed by atoms with Gasteiger partial charge in [-0.05, 0) is 25.2 Å². The van der Waals surface area contributed by atoms with Gasteiger partial charge in [-0.25, -0.2) is 9.78 Å². The van der Waals surface area contributed by atoms with Crippen LogP contribution in [0.4, 0.5) is 4.79 Å². The SMILES string of the molecule is CCc1nc(CCNC(=O)N[C@H]2CCC[C@H]2C)cs1. The maximum absolute atomic E-state index is 11.8. The van der Waals surface area contributed by atoms with Gasteiger partial charge < -0.3 is 10.6 Å². The zero-order valence-corrected chi connectivity index (χ0v) is 12.6. The van der Waals surface area contributed by atoms with E-state index < -0.39 is 0 Å². The van der Waals surface area contributed by atoms with Gasteiger partial charge in [-0.2, -0.15) is 0 Å². The molecule has 1 aromatic rings. The van der Waals surface area contributed by atoms with Gasteiger partial charge in [0.15, 0.2) is 0 Å². The second kappa shape index (κ2) is 6.89. The Bertz CT molecular complexity index is 419. The summed E-state index contributed by atoms with van der Waals surface area (Å²) in [6.45, 7) is 4.97. The third-order valence-electron chi connectivity index (χ3n) is 3.75. The lowest BCUT2D eigenvalue weighted by Crippen LogP contribution is -2.43. The number of hydrogen-bond donors (Lipinski definition) is 2. The maximum atomic E-state index is 11.8. The molecule has 2 rings (SSSR count). The molecule has 19 heavy (non-hydrogen) atoms. The molecule has 2 N–H and O–H groups in total. The van der Waals surface area contributed by atoms with Crippen LogP contribution in [0.25, 0.3) is 0 Å². The third-order valence-corrected chi connectivity index (χ3v) is 4.79. The summed E-state index contributed by atoms with van der Waals surface area (Å²) in [6, 6.07) is 0.315. The van der Waals surface area contributed by atoms with Crippen molar-refractivity contribution >= 4 is 17.4 Å². The zero-order valence-electron chi connectivity index (χ0n) is 11.7. The molecular weight excluding hydrogens is 258 g/mol. The van der Waals surface area contributed by atoms with E-state index in [1.807, 2.05) is 0 Å². The van der Waals surface area contributed by atoms with Gasteiger partial charge in [-0.15, -0.1) is 11.3 Å². The summed E-state index contributed by atoms with van der Waals surface area (Å²) < 4.78 is 0. The fourth-order valence-electron chi connectivity index (χ4n) is 2.51. The van der Waals surface area contributed by atoms with Crippen LogP contribution in [0.2, 0.25) is 0 Å². The first-order valence-electron chi connectivity index (χ1n) is 7.16. The number of aromatic nitrogens is 1. The molecule has 0 spiro atoms. The van der Waals surface area contributed by atoms with Crippen LogP contribution >= 0.6 is 11.3 Å². The minimum atomic E-state index is -0.0373. The third kappa shape index (κ3) is 4.20. The first-order valence-corrected chi connectivity index (χ1v) is 8.04. The maximum Gasteiger partial charge on any atom is 0.315 e. The Hall–Kier alpha value is -1.10. The van der Waals surface area contributed by atoms with Gasteiger partial charge in [0.2, 0.25) is 0 Å². The molecule has 4 nitrogen and oxygen atoms in total. The highest BCUT2D eigenvalue weighted by Gasteiger charge is 2.24. The average Bonchev–Trinajstić information content (AvgIpc) is 2.99. The zero-order chi connectivity index (χ0) is 13.7. The first-order chi connectivity index (χ1) is 9.19. The fourth-order valence-corrected chi connectivity index (χ4v) is 3.29. The molecular formula is C14H23N3OS. The number of rotatable bonds is 5. The van der Waals surface area contributed by atoms with Gasteiger partial charge in [-0.1, -0.05) is 20.3 Å². The lowest BCUT2D eigenvalue weighted by atomic mass is 10.1. The molecule has 0 aliphatic heterocycles. The predicted octanol–water partition coefficient (Wildman–Crippen LogP) is 2.74. The van der Waals surface area contributed by atoms with Crippen LogP contribution in [0.15, 0.2) is 5.38 Å². The number of carbonyl (C=O) groups is 1. The monoisotopic (exact) mass is 281 g/mol. The normalized spacial score (nSPS) is 22.4. The van der Waals surface area contributed by atoms with E-state index in [4.69, 9.17) is 0 Å². The van der Waals surface area contributed by atoms with Crippen molar-refractivity contribution in [2.45, 2.75) is 52.0 Å². The summed E-state index contributed by atoms with van der Waals surface area (Å²) in [7, 11) is 0. The molecule has 2 amide bonds. The highest BCUT2D eigenvalue weighted by atomic mass is 32.1. The molecule has 0 radical (unpaired) electrons. The van der Waals surface area contributed by atoms with Gasteiger partial charge >= 0.3 is 6.03 Å². The first kappa shape index (κ1) is 14.3. The highest BCUT2D eigenvalue weighted by Crippen LogP contribution is 2.24. The molecule has 5 heteroatoms. The standard InChI is InChI=1S/C14H23N3OS/c1-3-13-16-11(9-19-13)7-8-15-14(18)17-12-6-4-5-10(12)2/h9-10,12H,3-8H2,1-2H3,(H2,15,17,18)/t10-,12+/m1/s1. The van der Waals surface area contributed by atoms with Crippen LogP contribution in [-0.4, -0.2) is 23.6 Å². The quantitative estimate of drug-likeness (QED) is 0.872. The van der Waals surface area contributed by atoms with E-state index in [1.54, 1.807) is 11.3 Å². The molecule has 0 aromatic carbocycles. The largest absolute Gasteiger partial charge is 0.338 e. The van der Waals surface area contributed by atoms with Crippen molar-refractivity contribution in [1.29, 1.82) is 0 Å². The molecule has 0 saturated heterocycles. The van der Waals surface area contributed by atoms with E-state index in [0.717, 1.165) is 25.0 Å². The number of carbonyl (C=O) groups excluding carboxylic acids is 1. The molecule has 1 heterocycles. The summed E-state index contributed by atoms with van der Waals surface area (Å²) in [6.07, 6.45) is 5.36. The van der Waals surface area contributed by atoms with Crippen LogP contribution in [0.5, 0.6) is 0 Å². The summed E-state index contributed by atoms with van der Waals surface area (Å²) in [4.78, 5) is 16.2. The van der Waals surface area contributed by atoms with Gasteiger partial charge in [-0.3, -0.25) is 0 Å². The molecule has 0 unspecified atom stereocenters. The van der Waals surface area contributed by atoms with E-state index in [0.29, 0.717) is 18.5 Å². The number of aryl methyl sites for hydroxylation is 1. The smallest absolute Gasteiger partial charge is 0.315 e. The molecule has 1 aliphatic rings. The van der Waals surface area contributed by atoms with Crippen LogP contribution in [0.3, 0.4) is 0 Å². The Morgan fingerprint density at radius 3 is 3.00 bits per heavy atom. The van der Waals surface area contributed by atoms with Crippen molar-refractivity contribution in [3.63, 3.8) is 0 Å². The van der Waals surface area contributed by atoms with Gasteiger partial charge in [0, 0.05) is 24.4 Å². The molecule has 1 aliphatic carbocycles. The van der Waals surface area contributed by atoms with Crippen molar-refractivity contribution in [1.82, 2.24) is 15.6 Å². The molecule has 1 aromatic heterocycles. The van der Waals surface area contributed by atoms with Crippen molar-refractivity contribution < 1.29 is 4.79 Å². The van der Waals surface area contributed by atoms with E-state index in [-0.39, 0.29) is 6.03 Å². The van der Waals surface area contributed by atoms with Crippen LogP contribution in [0.1, 0.15) is 43.8 Å². The minimum Gasteiger partial charge on any atom is -0.338 e. The average molecular weight is 281 g/mol. The lowest BCUT2D eigenvalue weighted by Gasteiger charge is -2.17. The molecule has 1 saturated carbocycles. The molecule has 0 bridgehead atoms. The fraction of sp³-hybridized carbons (Fsp3) is 0.714. The van der Waals surface area contributed by atoms with Gasteiger partial charge in [0.1, 0.15) is 0 Å². The number of thiazole rings is 1. The Kier molecular flexibility index (Phi) is 5.19. The Morgan fingerprint density at radius 1 is 1.53 bits per heavy atom. The van der Waals surface area contributed by atoms with E-state index in [9.17, 15) is 4.79 Å². The molecule has 1 fully saturated rings. The topological polar surface area (TPSA) is 54.0 Å². The summed E-state index contributed by atoms with van der Waals surface area (Å²) >= 11 is 1.70. The minimum absolute atomic E-state index is 0.0373. The Morgan fingerprint density at radius 2 is 2.37 bits per heavy atom. The summed E-state index contributed by atoms with van der Waals surface area (Å²) in [5.74, 6) is 0.608. The van der Waals surface area contributed by atoms with Crippen molar-refractivity contribution in [2.24, 2.45) is 5.92 Å². The van der Waals surface area contributed by atoms with E-state index >= 15 is 0 Å². The van der Waals surface area contributed by atoms with E-state index in [2.05, 4.69) is 34.8 Å². The van der Waals surface area contributed by atoms with Crippen molar-refractivity contribution in [3.05, 3.63) is 16.1 Å². The second-order valence-corrected chi connectivity index (χ2v) is 6.19. The highest BCUT2D eigenvalue weighted by molar-refractivity contribution is 7.09. The Labute approximate surface area is 119 Å². The second-order valence-electron chi connectivity index (χ2n) is 5.25. The van der Waals surface area contributed by atoms with Crippen LogP contribution in [-0.2, 0) is 12.8 Å². The number of amides is 2.